The molecule has 3 nitrogen and oxygen atoms in total. The second-order valence-corrected chi connectivity index (χ2v) is 4.02. The molecule has 0 amide bonds. The molecule has 1 aromatic rings. The van der Waals surface area contributed by atoms with Crippen LogP contribution in [0.1, 0.15) is 24.6 Å². The molecule has 72 valence electrons. The molecule has 13 heavy (non-hydrogen) atoms. The van der Waals surface area contributed by atoms with E-state index in [0.717, 1.165) is 12.2 Å². The molecule has 2 heterocycles. The fraction of sp³-hybridized carbons (Fsp3) is 0.700. The number of piperidine rings is 1. The van der Waals surface area contributed by atoms with Gasteiger partial charge in [0.05, 0.1) is 12.0 Å². The third-order valence-corrected chi connectivity index (χ3v) is 2.75. The van der Waals surface area contributed by atoms with Gasteiger partial charge in [0, 0.05) is 18.8 Å². The van der Waals surface area contributed by atoms with Crippen LogP contribution < -0.4 is 0 Å². The molecular weight excluding hydrogens is 162 g/mol. The van der Waals surface area contributed by atoms with Gasteiger partial charge in [0.25, 0.3) is 0 Å². The molecular formula is C10H17N3. The Morgan fingerprint density at radius 1 is 1.54 bits per heavy atom. The van der Waals surface area contributed by atoms with E-state index in [4.69, 9.17) is 0 Å². The maximum Gasteiger partial charge on any atom is 0.0952 e. The van der Waals surface area contributed by atoms with Gasteiger partial charge < -0.3 is 9.47 Å². The van der Waals surface area contributed by atoms with E-state index in [1.807, 2.05) is 13.3 Å². The molecule has 1 atom stereocenters. The minimum absolute atomic E-state index is 0.639. The molecule has 0 aromatic carbocycles. The second kappa shape index (κ2) is 3.50. The van der Waals surface area contributed by atoms with Gasteiger partial charge in [-0.1, -0.05) is 0 Å². The fourth-order valence-corrected chi connectivity index (χ4v) is 2.02. The molecule has 1 aliphatic heterocycles. The Hall–Kier alpha value is -0.830. The summed E-state index contributed by atoms with van der Waals surface area (Å²) >= 11 is 0. The first-order valence-corrected chi connectivity index (χ1v) is 4.94. The van der Waals surface area contributed by atoms with E-state index in [-0.39, 0.29) is 0 Å². The topological polar surface area (TPSA) is 21.1 Å². The van der Waals surface area contributed by atoms with Crippen LogP contribution in [-0.4, -0.2) is 34.6 Å². The zero-order valence-corrected chi connectivity index (χ0v) is 8.40. The Labute approximate surface area is 79.4 Å². The third-order valence-electron chi connectivity index (χ3n) is 2.75. The molecule has 3 heteroatoms. The minimum Gasteiger partial charge on any atom is -0.333 e. The van der Waals surface area contributed by atoms with Gasteiger partial charge in [-0.3, -0.25) is 0 Å². The molecule has 0 spiro atoms. The Kier molecular flexibility index (Phi) is 2.36. The van der Waals surface area contributed by atoms with Crippen LogP contribution in [-0.2, 0) is 0 Å². The van der Waals surface area contributed by atoms with E-state index in [1.165, 1.54) is 19.4 Å². The first kappa shape index (κ1) is 8.75. The summed E-state index contributed by atoms with van der Waals surface area (Å²) in [6.07, 6.45) is 6.70. The Morgan fingerprint density at radius 2 is 2.38 bits per heavy atom. The summed E-state index contributed by atoms with van der Waals surface area (Å²) in [5.74, 6) is 0. The number of nitrogens with zero attached hydrogens (tertiary/aromatic N) is 3. The number of likely N-dealkylation sites (N-methyl/N-ethyl adjacent to an activating group) is 1. The normalized spacial score (nSPS) is 24.9. The van der Waals surface area contributed by atoms with Crippen LogP contribution in [0.5, 0.6) is 0 Å². The quantitative estimate of drug-likeness (QED) is 0.650. The number of hydrogen-bond donors (Lipinski definition) is 0. The van der Waals surface area contributed by atoms with Crippen LogP contribution in [0.4, 0.5) is 0 Å². The molecule has 0 aliphatic carbocycles. The maximum absolute atomic E-state index is 4.26. The summed E-state index contributed by atoms with van der Waals surface area (Å²) in [5, 5.41) is 0. The van der Waals surface area contributed by atoms with Crippen molar-refractivity contribution in [2.75, 3.05) is 20.1 Å². The minimum atomic E-state index is 0.639. The summed E-state index contributed by atoms with van der Waals surface area (Å²) in [5.41, 5.74) is 1.12. The second-order valence-electron chi connectivity index (χ2n) is 4.02. The van der Waals surface area contributed by atoms with Gasteiger partial charge in [-0.05, 0) is 33.4 Å². The number of likely N-dealkylation sites (tertiary alicyclic amines) is 1. The van der Waals surface area contributed by atoms with E-state index < -0.39 is 0 Å². The molecule has 1 fully saturated rings. The van der Waals surface area contributed by atoms with Gasteiger partial charge in [0.2, 0.25) is 0 Å². The SMILES string of the molecule is Cc1cn(C2CCCN(C)C2)cn1. The molecule has 1 saturated heterocycles. The number of hydrogen-bond acceptors (Lipinski definition) is 2. The molecule has 0 saturated carbocycles. The van der Waals surface area contributed by atoms with Crippen LogP contribution in [0, 0.1) is 6.92 Å². The Bertz CT molecular complexity index is 279. The van der Waals surface area contributed by atoms with Crippen molar-refractivity contribution in [2.45, 2.75) is 25.8 Å². The summed E-state index contributed by atoms with van der Waals surface area (Å²) in [6, 6.07) is 0.639. The zero-order chi connectivity index (χ0) is 9.26. The van der Waals surface area contributed by atoms with Crippen molar-refractivity contribution >= 4 is 0 Å². The molecule has 1 unspecified atom stereocenters. The zero-order valence-electron chi connectivity index (χ0n) is 8.40. The van der Waals surface area contributed by atoms with Gasteiger partial charge in [-0.15, -0.1) is 0 Å². The highest BCUT2D eigenvalue weighted by Crippen LogP contribution is 2.20. The average Bonchev–Trinajstić information content (AvgIpc) is 2.52. The smallest absolute Gasteiger partial charge is 0.0952 e. The highest BCUT2D eigenvalue weighted by Gasteiger charge is 2.18. The van der Waals surface area contributed by atoms with Gasteiger partial charge in [-0.25, -0.2) is 4.98 Å². The van der Waals surface area contributed by atoms with Gasteiger partial charge >= 0.3 is 0 Å². The lowest BCUT2D eigenvalue weighted by Crippen LogP contribution is -2.33. The standard InChI is InChI=1S/C10H17N3/c1-9-6-13(8-11-9)10-4-3-5-12(2)7-10/h6,8,10H,3-5,7H2,1-2H3. The fourth-order valence-electron chi connectivity index (χ4n) is 2.02. The highest BCUT2D eigenvalue weighted by molar-refractivity contribution is 4.95. The van der Waals surface area contributed by atoms with Crippen molar-refractivity contribution in [1.29, 1.82) is 0 Å². The van der Waals surface area contributed by atoms with Gasteiger partial charge in [0.1, 0.15) is 0 Å². The predicted molar refractivity (Wildman–Crippen MR) is 52.7 cm³/mol. The van der Waals surface area contributed by atoms with E-state index in [9.17, 15) is 0 Å². The van der Waals surface area contributed by atoms with Gasteiger partial charge in [-0.2, -0.15) is 0 Å². The van der Waals surface area contributed by atoms with Crippen LogP contribution in [0.2, 0.25) is 0 Å². The largest absolute Gasteiger partial charge is 0.333 e. The average molecular weight is 179 g/mol. The van der Waals surface area contributed by atoms with E-state index in [2.05, 4.69) is 27.7 Å². The van der Waals surface area contributed by atoms with Crippen LogP contribution in [0.3, 0.4) is 0 Å². The summed E-state index contributed by atoms with van der Waals surface area (Å²) < 4.78 is 2.25. The van der Waals surface area contributed by atoms with Crippen molar-refractivity contribution in [2.24, 2.45) is 0 Å². The Morgan fingerprint density at radius 3 is 3.00 bits per heavy atom. The third kappa shape index (κ3) is 1.91. The molecule has 1 aliphatic rings. The Balaban J connectivity index is 2.08. The first-order valence-electron chi connectivity index (χ1n) is 4.94. The lowest BCUT2D eigenvalue weighted by molar-refractivity contribution is 0.212. The number of aryl methyl sites for hydroxylation is 1. The number of rotatable bonds is 1. The first-order chi connectivity index (χ1) is 6.25. The monoisotopic (exact) mass is 179 g/mol. The highest BCUT2D eigenvalue weighted by atomic mass is 15.2. The van der Waals surface area contributed by atoms with Gasteiger partial charge in [0.15, 0.2) is 0 Å². The van der Waals surface area contributed by atoms with Crippen LogP contribution >= 0.6 is 0 Å². The van der Waals surface area contributed by atoms with Crippen molar-refractivity contribution in [3.05, 3.63) is 18.2 Å². The number of aromatic nitrogens is 2. The molecule has 0 bridgehead atoms. The molecule has 0 radical (unpaired) electrons. The van der Waals surface area contributed by atoms with Crippen molar-refractivity contribution in [3.8, 4) is 0 Å². The van der Waals surface area contributed by atoms with Crippen molar-refractivity contribution < 1.29 is 0 Å². The van der Waals surface area contributed by atoms with Crippen LogP contribution in [0.25, 0.3) is 0 Å². The number of imidazole rings is 1. The van der Waals surface area contributed by atoms with Crippen molar-refractivity contribution in [3.63, 3.8) is 0 Å². The maximum atomic E-state index is 4.26. The van der Waals surface area contributed by atoms with Crippen molar-refractivity contribution in [1.82, 2.24) is 14.5 Å². The summed E-state index contributed by atoms with van der Waals surface area (Å²) in [7, 11) is 2.19. The molecule has 2 rings (SSSR count). The predicted octanol–water partition coefficient (Wildman–Crippen LogP) is 1.46. The molecule has 0 N–H and O–H groups in total. The lowest BCUT2D eigenvalue weighted by atomic mass is 10.1. The summed E-state index contributed by atoms with van der Waals surface area (Å²) in [4.78, 5) is 6.65. The van der Waals surface area contributed by atoms with E-state index in [0.29, 0.717) is 6.04 Å². The van der Waals surface area contributed by atoms with Crippen LogP contribution in [0.15, 0.2) is 12.5 Å². The van der Waals surface area contributed by atoms with E-state index >= 15 is 0 Å². The molecule has 1 aromatic heterocycles. The lowest BCUT2D eigenvalue weighted by Gasteiger charge is -2.30. The summed E-state index contributed by atoms with van der Waals surface area (Å²) in [6.45, 7) is 4.45. The van der Waals surface area contributed by atoms with E-state index in [1.54, 1.807) is 0 Å².